The third-order valence-corrected chi connectivity index (χ3v) is 11.8. The Labute approximate surface area is 363 Å². The number of thiazole rings is 1. The quantitative estimate of drug-likeness (QED) is 0.0629. The summed E-state index contributed by atoms with van der Waals surface area (Å²) in [6, 6.07) is 24.6. The molecule has 3 aromatic carbocycles. The van der Waals surface area contributed by atoms with E-state index in [9.17, 15) is 4.79 Å². The third-order valence-electron chi connectivity index (χ3n) is 10.8. The van der Waals surface area contributed by atoms with Crippen molar-refractivity contribution in [1.29, 1.82) is 0 Å². The fraction of sp³-hybridized carbons (Fsp3) is 0.435. The Bertz CT molecular complexity index is 2200. The van der Waals surface area contributed by atoms with Gasteiger partial charge in [0.2, 0.25) is 0 Å². The summed E-state index contributed by atoms with van der Waals surface area (Å²) in [5.41, 5.74) is 15.5. The normalized spacial score (nSPS) is 16.1. The van der Waals surface area contributed by atoms with Crippen LogP contribution < -0.4 is 30.7 Å². The fourth-order valence-electron chi connectivity index (χ4n) is 7.69. The third kappa shape index (κ3) is 12.1. The van der Waals surface area contributed by atoms with Gasteiger partial charge in [0.1, 0.15) is 23.2 Å². The molecule has 15 heteroatoms. The monoisotopic (exact) mass is 849 g/mol. The number of aromatic nitrogens is 3. The zero-order valence-electron chi connectivity index (χ0n) is 36.0. The Morgan fingerprint density at radius 1 is 0.967 bits per heavy atom. The predicted molar refractivity (Wildman–Crippen MR) is 242 cm³/mol. The van der Waals surface area contributed by atoms with E-state index in [-0.39, 0.29) is 12.9 Å². The van der Waals surface area contributed by atoms with Crippen LogP contribution in [-0.4, -0.2) is 109 Å². The minimum atomic E-state index is -0.554. The summed E-state index contributed by atoms with van der Waals surface area (Å²) >= 11 is 1.63. The predicted octanol–water partition coefficient (Wildman–Crippen LogP) is 7.44. The van der Waals surface area contributed by atoms with Crippen LogP contribution in [0.3, 0.4) is 0 Å². The topological polar surface area (TPSA) is 152 Å². The first kappa shape index (κ1) is 43.6. The highest BCUT2D eigenvalue weighted by atomic mass is 32.1. The van der Waals surface area contributed by atoms with E-state index in [4.69, 9.17) is 24.7 Å². The number of aryl methyl sites for hydroxylation is 1. The van der Waals surface area contributed by atoms with Crippen molar-refractivity contribution in [3.8, 4) is 33.2 Å². The van der Waals surface area contributed by atoms with Crippen LogP contribution in [0.1, 0.15) is 50.4 Å². The number of alkyl carbamates (subject to hydrolysis) is 1. The summed E-state index contributed by atoms with van der Waals surface area (Å²) in [6.45, 7) is 16.2. The molecule has 0 spiro atoms. The lowest BCUT2D eigenvalue weighted by Crippen LogP contribution is -2.46. The fourth-order valence-corrected chi connectivity index (χ4v) is 8.50. The number of nitrogens with two attached hydrogens (primary N) is 1. The van der Waals surface area contributed by atoms with Gasteiger partial charge in [-0.05, 0) is 100 Å². The van der Waals surface area contributed by atoms with E-state index in [2.05, 4.69) is 83.0 Å². The Morgan fingerprint density at radius 3 is 2.52 bits per heavy atom. The van der Waals surface area contributed by atoms with Crippen molar-refractivity contribution in [2.24, 2.45) is 0 Å². The number of rotatable bonds is 17. The summed E-state index contributed by atoms with van der Waals surface area (Å²) < 4.78 is 22.8. The molecular formula is C46H59N9O5S. The minimum absolute atomic E-state index is 0.151. The molecule has 0 aliphatic carbocycles. The van der Waals surface area contributed by atoms with E-state index in [0.29, 0.717) is 23.8 Å². The van der Waals surface area contributed by atoms with Gasteiger partial charge in [0.05, 0.1) is 27.5 Å². The van der Waals surface area contributed by atoms with E-state index < -0.39 is 11.7 Å². The molecule has 4 heterocycles. The number of nitrogens with zero attached hydrogens (tertiary/aromatic N) is 6. The van der Waals surface area contributed by atoms with Gasteiger partial charge < -0.3 is 40.2 Å². The number of nitrogen functional groups attached to an aromatic ring is 1. The largest absolute Gasteiger partial charge is 0.489 e. The molecule has 61 heavy (non-hydrogen) atoms. The Balaban J connectivity index is 0.847. The summed E-state index contributed by atoms with van der Waals surface area (Å²) in [5, 5.41) is 15.2. The van der Waals surface area contributed by atoms with Gasteiger partial charge >= 0.3 is 6.09 Å². The maximum atomic E-state index is 12.4. The number of anilines is 3. The van der Waals surface area contributed by atoms with E-state index in [1.54, 1.807) is 18.4 Å². The number of likely N-dealkylation sites (tertiary alicyclic amines) is 1. The smallest absolute Gasteiger partial charge is 0.407 e. The number of hydrogen-bond acceptors (Lipinski definition) is 14. The van der Waals surface area contributed by atoms with Crippen molar-refractivity contribution in [2.75, 3.05) is 82.2 Å². The number of benzene rings is 3. The van der Waals surface area contributed by atoms with Gasteiger partial charge in [-0.1, -0.05) is 36.4 Å². The lowest BCUT2D eigenvalue weighted by molar-refractivity contribution is 0.0513. The highest BCUT2D eigenvalue weighted by Crippen LogP contribution is 2.34. The molecule has 14 nitrogen and oxygen atoms in total. The highest BCUT2D eigenvalue weighted by molar-refractivity contribution is 7.13. The minimum Gasteiger partial charge on any atom is -0.489 e. The van der Waals surface area contributed by atoms with Crippen molar-refractivity contribution >= 4 is 34.6 Å². The van der Waals surface area contributed by atoms with E-state index in [0.717, 1.165) is 116 Å². The van der Waals surface area contributed by atoms with Gasteiger partial charge in [0.25, 0.3) is 0 Å². The van der Waals surface area contributed by atoms with Gasteiger partial charge in [-0.2, -0.15) is 0 Å². The molecular weight excluding hydrogens is 791 g/mol. The average Bonchev–Trinajstić information content (AvgIpc) is 3.90. The number of methoxy groups -OCH3 is 1. The number of hydrogen-bond donors (Lipinski definition) is 3. The molecule has 0 bridgehead atoms. The molecule has 1 unspecified atom stereocenters. The molecule has 1 atom stereocenters. The van der Waals surface area contributed by atoms with Gasteiger partial charge in [0, 0.05) is 77.3 Å². The van der Waals surface area contributed by atoms with Crippen LogP contribution >= 0.6 is 11.3 Å². The second kappa shape index (κ2) is 20.4. The van der Waals surface area contributed by atoms with Gasteiger partial charge in [-0.25, -0.2) is 9.78 Å². The van der Waals surface area contributed by atoms with E-state index in [1.807, 2.05) is 63.5 Å². The van der Waals surface area contributed by atoms with Crippen LogP contribution in [-0.2, 0) is 22.6 Å². The number of amides is 1. The molecule has 2 aliphatic rings. The van der Waals surface area contributed by atoms with Crippen molar-refractivity contribution in [2.45, 2.75) is 65.3 Å². The summed E-state index contributed by atoms with van der Waals surface area (Å²) in [7, 11) is 1.60. The number of para-hydroxylation sites is 1. The van der Waals surface area contributed by atoms with Crippen molar-refractivity contribution < 1.29 is 23.7 Å². The SMILES string of the molecule is COCOc1ccccc1-c1cc(N2CCN(Cc3ccc(OC4CCN(CCCNc5cc(-c6scnc6C)ccc5CNC(=O)OC(C)(C)C)C4)cc3)CC2)c(N)nn1. The van der Waals surface area contributed by atoms with Crippen LogP contribution in [0.15, 0.2) is 78.3 Å². The second-order valence-electron chi connectivity index (χ2n) is 16.6. The van der Waals surface area contributed by atoms with Gasteiger partial charge in [-0.15, -0.1) is 21.5 Å². The van der Waals surface area contributed by atoms with Gasteiger partial charge in [-0.3, -0.25) is 9.80 Å². The summed E-state index contributed by atoms with van der Waals surface area (Å²) in [6.07, 6.45) is 1.72. The molecule has 2 aromatic heterocycles. The lowest BCUT2D eigenvalue weighted by Gasteiger charge is -2.36. The van der Waals surface area contributed by atoms with Crippen molar-refractivity contribution in [3.05, 3.63) is 95.1 Å². The van der Waals surface area contributed by atoms with Gasteiger partial charge in [0.15, 0.2) is 12.6 Å². The first-order valence-corrected chi connectivity index (χ1v) is 21.9. The van der Waals surface area contributed by atoms with E-state index >= 15 is 0 Å². The first-order chi connectivity index (χ1) is 29.5. The van der Waals surface area contributed by atoms with Crippen LogP contribution in [0, 0.1) is 6.92 Å². The van der Waals surface area contributed by atoms with Crippen molar-refractivity contribution in [1.82, 2.24) is 30.3 Å². The summed E-state index contributed by atoms with van der Waals surface area (Å²) in [4.78, 5) is 25.2. The maximum Gasteiger partial charge on any atom is 0.407 e. The molecule has 0 saturated carbocycles. The molecule has 2 aliphatic heterocycles. The summed E-state index contributed by atoms with van der Waals surface area (Å²) in [5.74, 6) is 2.02. The Morgan fingerprint density at radius 2 is 1.77 bits per heavy atom. The zero-order chi connectivity index (χ0) is 42.8. The molecule has 5 aromatic rings. The zero-order valence-corrected chi connectivity index (χ0v) is 36.8. The second-order valence-corrected chi connectivity index (χ2v) is 17.4. The molecule has 4 N–H and O–H groups in total. The number of nitrogens with one attached hydrogen (secondary N) is 2. The molecule has 2 fully saturated rings. The number of ether oxygens (including phenoxy) is 4. The van der Waals surface area contributed by atoms with Crippen LogP contribution in [0.2, 0.25) is 0 Å². The molecule has 324 valence electrons. The number of carbonyl (C=O) groups excluding carboxylic acids is 1. The maximum absolute atomic E-state index is 12.4. The Hall–Kier alpha value is -5.48. The van der Waals surface area contributed by atoms with Crippen LogP contribution in [0.25, 0.3) is 21.7 Å². The number of carbonyl (C=O) groups is 1. The molecule has 1 amide bonds. The molecule has 0 radical (unpaired) electrons. The van der Waals surface area contributed by atoms with Crippen LogP contribution in [0.4, 0.5) is 22.0 Å². The van der Waals surface area contributed by atoms with Crippen LogP contribution in [0.5, 0.6) is 11.5 Å². The van der Waals surface area contributed by atoms with E-state index in [1.165, 1.54) is 5.56 Å². The Kier molecular flexibility index (Phi) is 14.6. The molecule has 7 rings (SSSR count). The highest BCUT2D eigenvalue weighted by Gasteiger charge is 2.25. The average molecular weight is 850 g/mol. The molecule has 2 saturated heterocycles. The van der Waals surface area contributed by atoms with Crippen molar-refractivity contribution in [3.63, 3.8) is 0 Å². The standard InChI is InChI=1S/C46H59N9O5S/c1-32-43(61-30-50-32)34-13-14-35(27-49-45(56)60-46(2,3)4)39(25-34)48-18-8-19-53-20-17-37(29-53)59-36-15-11-33(12-16-36)28-54-21-23-55(24-22-54)41-26-40(51-52-44(41)47)38-9-6-7-10-42(38)58-31-57-5/h6-7,9-16,25-26,30,37,48H,8,17-24,27-29,31H2,1-5H3,(H2,47,52)(H,49,56). The first-order valence-electron chi connectivity index (χ1n) is 21.0. The number of piperazine rings is 1. The lowest BCUT2D eigenvalue weighted by atomic mass is 10.1.